The summed E-state index contributed by atoms with van der Waals surface area (Å²) in [5, 5.41) is 0. The number of benzene rings is 1. The highest BCUT2D eigenvalue weighted by Crippen LogP contribution is 2.28. The van der Waals surface area contributed by atoms with E-state index in [2.05, 4.69) is 25.6 Å². The van der Waals surface area contributed by atoms with E-state index in [0.29, 0.717) is 6.42 Å². The van der Waals surface area contributed by atoms with E-state index >= 15 is 0 Å². The summed E-state index contributed by atoms with van der Waals surface area (Å²) in [6.45, 7) is 4.24. The predicted molar refractivity (Wildman–Crippen MR) is 76.4 cm³/mol. The summed E-state index contributed by atoms with van der Waals surface area (Å²) in [7, 11) is 0. The van der Waals surface area contributed by atoms with Gasteiger partial charge < -0.3 is 9.47 Å². The molecule has 1 fully saturated rings. The first-order chi connectivity index (χ1) is 9.94. The van der Waals surface area contributed by atoms with Gasteiger partial charge in [0.25, 0.3) is 0 Å². The van der Waals surface area contributed by atoms with Crippen LogP contribution in [0.4, 0.5) is 13.2 Å². The average Bonchev–Trinajstić information content (AvgIpc) is 2.42. The van der Waals surface area contributed by atoms with Crippen molar-refractivity contribution in [1.29, 1.82) is 0 Å². The normalized spacial score (nSPS) is 17.0. The van der Waals surface area contributed by atoms with Gasteiger partial charge in [0, 0.05) is 17.6 Å². The van der Waals surface area contributed by atoms with E-state index in [1.807, 2.05) is 0 Å². The number of hydrogen-bond acceptors (Lipinski definition) is 3. The van der Waals surface area contributed by atoms with E-state index in [-0.39, 0.29) is 5.75 Å². The highest BCUT2D eigenvalue weighted by Gasteiger charge is 2.31. The van der Waals surface area contributed by atoms with Gasteiger partial charge in [-0.15, -0.1) is 13.2 Å². The molecule has 1 aromatic carbocycles. The zero-order valence-corrected chi connectivity index (χ0v) is 13.0. The van der Waals surface area contributed by atoms with Crippen molar-refractivity contribution in [2.24, 2.45) is 0 Å². The molecule has 0 N–H and O–H groups in total. The number of rotatable bonds is 5. The number of nitrogens with zero attached hydrogens (tertiary/aromatic N) is 1. The Balaban J connectivity index is 1.87. The van der Waals surface area contributed by atoms with Gasteiger partial charge in [0.1, 0.15) is 5.75 Å². The lowest BCUT2D eigenvalue weighted by Gasteiger charge is -2.26. The van der Waals surface area contributed by atoms with Gasteiger partial charge in [-0.05, 0) is 43.1 Å². The van der Waals surface area contributed by atoms with Crippen molar-refractivity contribution < 1.29 is 22.6 Å². The molecule has 7 heteroatoms. The van der Waals surface area contributed by atoms with Crippen LogP contribution in [0.2, 0.25) is 0 Å². The summed E-state index contributed by atoms with van der Waals surface area (Å²) < 4.78 is 46.7. The van der Waals surface area contributed by atoms with Crippen LogP contribution >= 0.6 is 15.9 Å². The van der Waals surface area contributed by atoms with Crippen LogP contribution in [0.25, 0.3) is 0 Å². The van der Waals surface area contributed by atoms with Gasteiger partial charge in [0.15, 0.2) is 0 Å². The maximum absolute atomic E-state index is 12.2. The van der Waals surface area contributed by atoms with Crippen LogP contribution < -0.4 is 4.74 Å². The highest BCUT2D eigenvalue weighted by atomic mass is 79.9. The summed E-state index contributed by atoms with van der Waals surface area (Å²) in [6.07, 6.45) is -3.07. The van der Waals surface area contributed by atoms with E-state index < -0.39 is 6.36 Å². The molecule has 0 saturated carbocycles. The van der Waals surface area contributed by atoms with Gasteiger partial charge in [-0.3, -0.25) is 4.90 Å². The Morgan fingerprint density at radius 1 is 1.24 bits per heavy atom. The van der Waals surface area contributed by atoms with Crippen molar-refractivity contribution in [1.82, 2.24) is 4.90 Å². The minimum absolute atomic E-state index is 0.174. The Labute approximate surface area is 130 Å². The Kier molecular flexibility index (Phi) is 5.89. The van der Waals surface area contributed by atoms with Gasteiger partial charge in [0.2, 0.25) is 0 Å². The molecule has 1 aromatic rings. The Hall–Kier alpha value is -0.790. The molecule has 0 spiro atoms. The number of aryl methyl sites for hydroxylation is 1. The number of morpholine rings is 1. The molecule has 1 heterocycles. The third-order valence-electron chi connectivity index (χ3n) is 3.27. The third kappa shape index (κ3) is 5.84. The second-order valence-electron chi connectivity index (χ2n) is 4.86. The lowest BCUT2D eigenvalue weighted by atomic mass is 10.1. The quantitative estimate of drug-likeness (QED) is 0.793. The van der Waals surface area contributed by atoms with Crippen molar-refractivity contribution in [2.75, 3.05) is 32.8 Å². The number of ether oxygens (including phenoxy) is 2. The molecule has 0 bridgehead atoms. The zero-order valence-electron chi connectivity index (χ0n) is 11.5. The van der Waals surface area contributed by atoms with Gasteiger partial charge >= 0.3 is 6.36 Å². The van der Waals surface area contributed by atoms with Gasteiger partial charge in [0.05, 0.1) is 13.2 Å². The monoisotopic (exact) mass is 367 g/mol. The van der Waals surface area contributed by atoms with E-state index in [4.69, 9.17) is 4.74 Å². The number of hydrogen-bond donors (Lipinski definition) is 0. The predicted octanol–water partition coefficient (Wildman–Crippen LogP) is 3.61. The maximum Gasteiger partial charge on any atom is 0.573 e. The van der Waals surface area contributed by atoms with E-state index in [1.54, 1.807) is 6.07 Å². The highest BCUT2D eigenvalue weighted by molar-refractivity contribution is 9.10. The molecule has 0 amide bonds. The zero-order chi connectivity index (χ0) is 15.3. The topological polar surface area (TPSA) is 21.7 Å². The molecular formula is C14H17BrF3NO2. The van der Waals surface area contributed by atoms with E-state index in [0.717, 1.165) is 49.3 Å². The van der Waals surface area contributed by atoms with Crippen molar-refractivity contribution in [2.45, 2.75) is 19.2 Å². The van der Waals surface area contributed by atoms with Gasteiger partial charge in [-0.25, -0.2) is 0 Å². The number of halogens is 4. The first kappa shape index (κ1) is 16.6. The molecule has 0 unspecified atom stereocenters. The lowest BCUT2D eigenvalue weighted by molar-refractivity contribution is -0.274. The Bertz CT molecular complexity index is 462. The van der Waals surface area contributed by atoms with Crippen LogP contribution in [-0.2, 0) is 11.2 Å². The first-order valence-electron chi connectivity index (χ1n) is 6.78. The molecule has 0 aromatic heterocycles. The molecule has 1 saturated heterocycles. The first-order valence-corrected chi connectivity index (χ1v) is 7.57. The molecule has 0 radical (unpaired) electrons. The van der Waals surface area contributed by atoms with Crippen molar-refractivity contribution in [3.63, 3.8) is 0 Å². The SMILES string of the molecule is FC(F)(F)Oc1ccc(Br)c(CCCN2CCOCC2)c1. The molecule has 3 nitrogen and oxygen atoms in total. The summed E-state index contributed by atoms with van der Waals surface area (Å²) in [5.74, 6) is -0.174. The molecule has 2 rings (SSSR count). The number of alkyl halides is 3. The minimum atomic E-state index is -4.65. The third-order valence-corrected chi connectivity index (χ3v) is 4.05. The van der Waals surface area contributed by atoms with Gasteiger partial charge in [-0.1, -0.05) is 15.9 Å². The minimum Gasteiger partial charge on any atom is -0.406 e. The average molecular weight is 368 g/mol. The van der Waals surface area contributed by atoms with Crippen LogP contribution in [-0.4, -0.2) is 44.1 Å². The van der Waals surface area contributed by atoms with Crippen LogP contribution in [0.3, 0.4) is 0 Å². The second-order valence-corrected chi connectivity index (χ2v) is 5.71. The molecule has 1 aliphatic heterocycles. The Morgan fingerprint density at radius 2 is 1.95 bits per heavy atom. The Morgan fingerprint density at radius 3 is 2.62 bits per heavy atom. The van der Waals surface area contributed by atoms with Crippen molar-refractivity contribution >= 4 is 15.9 Å². The summed E-state index contributed by atoms with van der Waals surface area (Å²) in [4.78, 5) is 2.30. The van der Waals surface area contributed by atoms with E-state index in [9.17, 15) is 13.2 Å². The standard InChI is InChI=1S/C14H17BrF3NO2/c15-13-4-3-12(21-14(16,17)18)10-11(13)2-1-5-19-6-8-20-9-7-19/h3-4,10H,1-2,5-9H2. The summed E-state index contributed by atoms with van der Waals surface area (Å²) in [5.41, 5.74) is 0.824. The second kappa shape index (κ2) is 7.47. The largest absolute Gasteiger partial charge is 0.573 e. The van der Waals surface area contributed by atoms with Crippen LogP contribution in [0.1, 0.15) is 12.0 Å². The molecule has 1 aliphatic rings. The van der Waals surface area contributed by atoms with E-state index in [1.165, 1.54) is 12.1 Å². The fraction of sp³-hybridized carbons (Fsp3) is 0.571. The van der Waals surface area contributed by atoms with Crippen LogP contribution in [0, 0.1) is 0 Å². The van der Waals surface area contributed by atoms with Gasteiger partial charge in [-0.2, -0.15) is 0 Å². The molecular weight excluding hydrogens is 351 g/mol. The molecule has 21 heavy (non-hydrogen) atoms. The fourth-order valence-electron chi connectivity index (χ4n) is 2.26. The van der Waals surface area contributed by atoms with Crippen molar-refractivity contribution in [3.05, 3.63) is 28.2 Å². The summed E-state index contributed by atoms with van der Waals surface area (Å²) in [6, 6.07) is 4.34. The van der Waals surface area contributed by atoms with Crippen LogP contribution in [0.5, 0.6) is 5.75 Å². The fourth-order valence-corrected chi connectivity index (χ4v) is 2.70. The smallest absolute Gasteiger partial charge is 0.406 e. The summed E-state index contributed by atoms with van der Waals surface area (Å²) >= 11 is 3.37. The molecule has 118 valence electrons. The molecule has 0 atom stereocenters. The molecule has 0 aliphatic carbocycles. The lowest BCUT2D eigenvalue weighted by Crippen LogP contribution is -2.36. The maximum atomic E-state index is 12.2. The van der Waals surface area contributed by atoms with Crippen molar-refractivity contribution in [3.8, 4) is 5.75 Å². The van der Waals surface area contributed by atoms with Crippen LogP contribution in [0.15, 0.2) is 22.7 Å².